The number of anilines is 1. The number of nitrogens with two attached hydrogens (primary N) is 1. The number of hydrogen-bond acceptors (Lipinski definition) is 3. The number of fused-ring (bicyclic) bond motifs is 1. The standard InChI is InChI=1S/C7H10N4O/c1-2-12-11-4-3-10-6(11)5-9-7(10)8/h3-5H,2H2,1H3,(H2,8,9). The van der Waals surface area contributed by atoms with Gasteiger partial charge in [0.2, 0.25) is 5.95 Å². The zero-order valence-corrected chi connectivity index (χ0v) is 6.77. The van der Waals surface area contributed by atoms with E-state index in [0.717, 1.165) is 5.65 Å². The summed E-state index contributed by atoms with van der Waals surface area (Å²) in [4.78, 5) is 9.21. The fourth-order valence-electron chi connectivity index (χ4n) is 1.13. The zero-order chi connectivity index (χ0) is 8.55. The van der Waals surface area contributed by atoms with Crippen molar-refractivity contribution in [2.45, 2.75) is 6.92 Å². The van der Waals surface area contributed by atoms with Crippen molar-refractivity contribution in [2.24, 2.45) is 0 Å². The highest BCUT2D eigenvalue weighted by Gasteiger charge is 2.03. The molecular formula is C7H10N4O. The van der Waals surface area contributed by atoms with E-state index >= 15 is 0 Å². The van der Waals surface area contributed by atoms with Crippen LogP contribution in [0.15, 0.2) is 18.6 Å². The Kier molecular flexibility index (Phi) is 1.43. The Morgan fingerprint density at radius 2 is 2.42 bits per heavy atom. The molecule has 0 amide bonds. The van der Waals surface area contributed by atoms with E-state index in [1.807, 2.05) is 13.1 Å². The Morgan fingerprint density at radius 3 is 3.17 bits per heavy atom. The van der Waals surface area contributed by atoms with E-state index in [4.69, 9.17) is 10.6 Å². The van der Waals surface area contributed by atoms with E-state index in [1.165, 1.54) is 0 Å². The summed E-state index contributed by atoms with van der Waals surface area (Å²) in [5.74, 6) is 0.475. The van der Waals surface area contributed by atoms with Crippen molar-refractivity contribution in [1.82, 2.24) is 14.1 Å². The van der Waals surface area contributed by atoms with Gasteiger partial charge in [-0.25, -0.2) is 4.98 Å². The van der Waals surface area contributed by atoms with Crippen LogP contribution < -0.4 is 10.6 Å². The van der Waals surface area contributed by atoms with Gasteiger partial charge in [0.05, 0.1) is 12.4 Å². The quantitative estimate of drug-likeness (QED) is 0.691. The Bertz CT molecular complexity index is 389. The molecule has 0 bridgehead atoms. The Balaban J connectivity index is 2.55. The molecule has 0 aliphatic rings. The molecule has 2 aromatic heterocycles. The molecule has 0 unspecified atom stereocenters. The molecule has 2 rings (SSSR count). The summed E-state index contributed by atoms with van der Waals surface area (Å²) >= 11 is 0. The maximum atomic E-state index is 5.57. The first-order valence-electron chi connectivity index (χ1n) is 3.76. The number of imidazole rings is 2. The van der Waals surface area contributed by atoms with Gasteiger partial charge in [-0.1, -0.05) is 0 Å². The molecule has 2 heterocycles. The molecule has 0 spiro atoms. The highest BCUT2D eigenvalue weighted by Crippen LogP contribution is 2.07. The molecule has 0 fully saturated rings. The minimum absolute atomic E-state index is 0.475. The second-order valence-electron chi connectivity index (χ2n) is 2.39. The third-order valence-corrected chi connectivity index (χ3v) is 1.65. The molecule has 2 aromatic rings. The predicted octanol–water partition coefficient (Wildman–Crippen LogP) is 0.166. The minimum Gasteiger partial charge on any atom is -0.413 e. The monoisotopic (exact) mass is 166 g/mol. The second kappa shape index (κ2) is 2.44. The fourth-order valence-corrected chi connectivity index (χ4v) is 1.13. The molecule has 0 aliphatic carbocycles. The van der Waals surface area contributed by atoms with Gasteiger partial charge < -0.3 is 10.6 Å². The number of aromatic nitrogens is 3. The molecule has 0 saturated carbocycles. The predicted molar refractivity (Wildman–Crippen MR) is 44.7 cm³/mol. The first kappa shape index (κ1) is 7.02. The largest absolute Gasteiger partial charge is 0.413 e. The highest BCUT2D eigenvalue weighted by molar-refractivity contribution is 5.44. The molecule has 0 atom stereocenters. The summed E-state index contributed by atoms with van der Waals surface area (Å²) < 4.78 is 3.40. The number of rotatable bonds is 2. The summed E-state index contributed by atoms with van der Waals surface area (Å²) in [6.45, 7) is 2.55. The van der Waals surface area contributed by atoms with Crippen molar-refractivity contribution in [3.63, 3.8) is 0 Å². The van der Waals surface area contributed by atoms with Crippen LogP contribution in [0.2, 0.25) is 0 Å². The summed E-state index contributed by atoms with van der Waals surface area (Å²) in [5.41, 5.74) is 6.41. The molecule has 0 aromatic carbocycles. The van der Waals surface area contributed by atoms with Gasteiger partial charge in [0, 0.05) is 6.20 Å². The lowest BCUT2D eigenvalue weighted by Gasteiger charge is -2.01. The molecule has 0 radical (unpaired) electrons. The van der Waals surface area contributed by atoms with E-state index < -0.39 is 0 Å². The topological polar surface area (TPSA) is 57.5 Å². The van der Waals surface area contributed by atoms with Crippen molar-refractivity contribution in [1.29, 1.82) is 0 Å². The van der Waals surface area contributed by atoms with E-state index in [9.17, 15) is 0 Å². The van der Waals surface area contributed by atoms with Crippen molar-refractivity contribution in [3.8, 4) is 0 Å². The van der Waals surface area contributed by atoms with Crippen LogP contribution in [0.3, 0.4) is 0 Å². The molecule has 2 N–H and O–H groups in total. The number of nitrogens with zero attached hydrogens (tertiary/aromatic N) is 3. The van der Waals surface area contributed by atoms with Crippen LogP contribution in [0.5, 0.6) is 0 Å². The van der Waals surface area contributed by atoms with Gasteiger partial charge >= 0.3 is 0 Å². The number of hydrogen-bond donors (Lipinski definition) is 1. The zero-order valence-electron chi connectivity index (χ0n) is 6.77. The normalized spacial score (nSPS) is 10.8. The van der Waals surface area contributed by atoms with Gasteiger partial charge in [-0.05, 0) is 6.92 Å². The summed E-state index contributed by atoms with van der Waals surface area (Å²) in [6.07, 6.45) is 5.29. The van der Waals surface area contributed by atoms with Crippen LogP contribution in [0.1, 0.15) is 6.92 Å². The average Bonchev–Trinajstić information content (AvgIpc) is 2.58. The maximum Gasteiger partial charge on any atom is 0.206 e. The van der Waals surface area contributed by atoms with Gasteiger partial charge in [0.1, 0.15) is 6.61 Å². The average molecular weight is 166 g/mol. The van der Waals surface area contributed by atoms with E-state index in [1.54, 1.807) is 21.5 Å². The van der Waals surface area contributed by atoms with E-state index in [2.05, 4.69) is 4.98 Å². The van der Waals surface area contributed by atoms with Crippen molar-refractivity contribution >= 4 is 11.6 Å². The summed E-state index contributed by atoms with van der Waals surface area (Å²) in [5, 5.41) is 0. The lowest BCUT2D eigenvalue weighted by molar-refractivity contribution is 0.131. The van der Waals surface area contributed by atoms with Crippen LogP contribution >= 0.6 is 0 Å². The van der Waals surface area contributed by atoms with Gasteiger partial charge in [0.15, 0.2) is 5.65 Å². The molecular weight excluding hydrogens is 156 g/mol. The van der Waals surface area contributed by atoms with E-state index in [-0.39, 0.29) is 0 Å². The molecule has 0 aliphatic heterocycles. The first-order chi connectivity index (χ1) is 5.83. The fraction of sp³-hybridized carbons (Fsp3) is 0.286. The Hall–Kier alpha value is -1.65. The Labute approximate surface area is 69.3 Å². The van der Waals surface area contributed by atoms with Crippen LogP contribution in [0.25, 0.3) is 5.65 Å². The highest BCUT2D eigenvalue weighted by atomic mass is 16.7. The lowest BCUT2D eigenvalue weighted by Crippen LogP contribution is -2.08. The van der Waals surface area contributed by atoms with Crippen molar-refractivity contribution < 1.29 is 4.84 Å². The van der Waals surface area contributed by atoms with Crippen LogP contribution in [0, 0.1) is 0 Å². The lowest BCUT2D eigenvalue weighted by atomic mass is 10.8. The van der Waals surface area contributed by atoms with Crippen LogP contribution in [0.4, 0.5) is 5.95 Å². The maximum absolute atomic E-state index is 5.57. The van der Waals surface area contributed by atoms with Crippen molar-refractivity contribution in [3.05, 3.63) is 18.6 Å². The van der Waals surface area contributed by atoms with Gasteiger partial charge in [0.25, 0.3) is 0 Å². The summed E-state index contributed by atoms with van der Waals surface area (Å²) in [7, 11) is 0. The second-order valence-corrected chi connectivity index (χ2v) is 2.39. The smallest absolute Gasteiger partial charge is 0.206 e. The number of nitrogen functional groups attached to an aromatic ring is 1. The molecule has 5 heteroatoms. The molecule has 0 saturated heterocycles. The molecule has 5 nitrogen and oxygen atoms in total. The SMILES string of the molecule is CCOn1ccn2c(N)ncc12. The summed E-state index contributed by atoms with van der Waals surface area (Å²) in [6, 6.07) is 0. The van der Waals surface area contributed by atoms with Gasteiger partial charge in [-0.2, -0.15) is 4.73 Å². The van der Waals surface area contributed by atoms with Crippen LogP contribution in [-0.2, 0) is 0 Å². The van der Waals surface area contributed by atoms with Crippen molar-refractivity contribution in [2.75, 3.05) is 12.3 Å². The Morgan fingerprint density at radius 1 is 1.58 bits per heavy atom. The third kappa shape index (κ3) is 0.827. The van der Waals surface area contributed by atoms with Gasteiger partial charge in [-0.15, -0.1) is 0 Å². The third-order valence-electron chi connectivity index (χ3n) is 1.65. The van der Waals surface area contributed by atoms with E-state index in [0.29, 0.717) is 12.6 Å². The van der Waals surface area contributed by atoms with Gasteiger partial charge in [-0.3, -0.25) is 4.40 Å². The molecule has 12 heavy (non-hydrogen) atoms. The first-order valence-corrected chi connectivity index (χ1v) is 3.76. The molecule has 64 valence electrons. The van der Waals surface area contributed by atoms with Crippen LogP contribution in [-0.4, -0.2) is 20.7 Å². The minimum atomic E-state index is 0.475.